The van der Waals surface area contributed by atoms with Crippen molar-refractivity contribution in [1.29, 1.82) is 0 Å². The molecular formula is C28H28F3N5O5S. The van der Waals surface area contributed by atoms with Crippen LogP contribution >= 0.6 is 0 Å². The first kappa shape index (κ1) is 29.3. The molecule has 42 heavy (non-hydrogen) atoms. The maximum absolute atomic E-state index is 13.0. The number of ether oxygens (including phenoxy) is 2. The zero-order valence-corrected chi connectivity index (χ0v) is 23.8. The van der Waals surface area contributed by atoms with E-state index in [1.807, 2.05) is 42.8 Å². The van der Waals surface area contributed by atoms with Crippen LogP contribution in [0.25, 0.3) is 27.8 Å². The number of aromatic nitrogens is 3. The summed E-state index contributed by atoms with van der Waals surface area (Å²) in [5.41, 5.74) is 3.00. The van der Waals surface area contributed by atoms with Gasteiger partial charge in [0.05, 0.1) is 36.2 Å². The van der Waals surface area contributed by atoms with Crippen LogP contribution in [0.15, 0.2) is 54.6 Å². The number of amides is 1. The highest BCUT2D eigenvalue weighted by Gasteiger charge is 2.31. The molecule has 0 radical (unpaired) electrons. The van der Waals surface area contributed by atoms with Crippen LogP contribution in [0.2, 0.25) is 0 Å². The number of nitrogens with one attached hydrogen (secondary N) is 1. The molecule has 0 unspecified atom stereocenters. The Morgan fingerprint density at radius 1 is 1.05 bits per heavy atom. The van der Waals surface area contributed by atoms with Crippen molar-refractivity contribution in [3.63, 3.8) is 0 Å². The summed E-state index contributed by atoms with van der Waals surface area (Å²) in [6, 6.07) is 14.4. The predicted octanol–water partition coefficient (Wildman–Crippen LogP) is 4.64. The number of pyridine rings is 1. The maximum Gasteiger partial charge on any atom is 0.573 e. The average Bonchev–Trinajstić information content (AvgIpc) is 3.32. The van der Waals surface area contributed by atoms with Crippen LogP contribution in [0.1, 0.15) is 35.9 Å². The zero-order chi connectivity index (χ0) is 30.2. The van der Waals surface area contributed by atoms with Gasteiger partial charge >= 0.3 is 6.36 Å². The van der Waals surface area contributed by atoms with E-state index in [4.69, 9.17) is 9.84 Å². The van der Waals surface area contributed by atoms with E-state index in [0.29, 0.717) is 35.4 Å². The quantitative estimate of drug-likeness (QED) is 0.325. The van der Waals surface area contributed by atoms with Gasteiger partial charge in [-0.05, 0) is 47.4 Å². The Morgan fingerprint density at radius 3 is 2.36 bits per heavy atom. The van der Waals surface area contributed by atoms with Crippen molar-refractivity contribution < 1.29 is 35.9 Å². The number of morpholine rings is 1. The molecule has 0 atom stereocenters. The molecule has 10 nitrogen and oxygen atoms in total. The lowest BCUT2D eigenvalue weighted by atomic mass is 9.97. The molecule has 222 valence electrons. The molecule has 0 spiro atoms. The molecule has 14 heteroatoms. The molecule has 0 bridgehead atoms. The molecule has 1 saturated heterocycles. The average molecular weight is 604 g/mol. The standard InChI is InChI=1S/C28H28F3N5O5S/c1-17(2)25-24-22(18-7-9-19(10-8-18)35-11-13-40-14-12-35)16-23(27(37)34-42(3,38)39)32-26(24)36(33-25)20-5-4-6-21(15-20)41-28(29,30)31/h4-10,15-17H,11-14H2,1-3H3,(H,34,37). The van der Waals surface area contributed by atoms with Gasteiger partial charge in [0.25, 0.3) is 5.91 Å². The summed E-state index contributed by atoms with van der Waals surface area (Å²) in [4.78, 5) is 19.6. The molecule has 4 aromatic rings. The lowest BCUT2D eigenvalue weighted by Crippen LogP contribution is -2.36. The molecule has 0 aliphatic carbocycles. The number of halogens is 3. The van der Waals surface area contributed by atoms with Gasteiger partial charge in [0, 0.05) is 24.8 Å². The minimum absolute atomic E-state index is 0.146. The molecule has 1 aliphatic rings. The third-order valence-corrected chi connectivity index (χ3v) is 7.13. The first-order chi connectivity index (χ1) is 19.8. The molecule has 2 aromatic heterocycles. The fourth-order valence-electron chi connectivity index (χ4n) is 4.78. The first-order valence-electron chi connectivity index (χ1n) is 13.0. The van der Waals surface area contributed by atoms with Gasteiger partial charge < -0.3 is 14.4 Å². The molecule has 0 saturated carbocycles. The molecule has 2 aromatic carbocycles. The van der Waals surface area contributed by atoms with Crippen LogP contribution in [0, 0.1) is 0 Å². The number of sulfonamides is 1. The van der Waals surface area contributed by atoms with E-state index in [2.05, 4.69) is 14.6 Å². The molecule has 1 aliphatic heterocycles. The van der Waals surface area contributed by atoms with Gasteiger partial charge in [0.2, 0.25) is 10.0 Å². The molecule has 3 heterocycles. The third kappa shape index (κ3) is 6.49. The van der Waals surface area contributed by atoms with Gasteiger partial charge in [-0.25, -0.2) is 22.8 Å². The second-order valence-electron chi connectivity index (χ2n) is 10.1. The summed E-state index contributed by atoms with van der Waals surface area (Å²) in [6.07, 6.45) is -4.05. The number of hydrogen-bond donors (Lipinski definition) is 1. The summed E-state index contributed by atoms with van der Waals surface area (Å²) in [6.45, 7) is 6.55. The molecular weight excluding hydrogens is 575 g/mol. The Balaban J connectivity index is 1.71. The van der Waals surface area contributed by atoms with E-state index in [0.717, 1.165) is 37.2 Å². The Labute approximate surface area is 240 Å². The second kappa shape index (κ2) is 11.2. The van der Waals surface area contributed by atoms with Crippen molar-refractivity contribution in [3.05, 3.63) is 66.0 Å². The van der Waals surface area contributed by atoms with Crippen LogP contribution in [0.5, 0.6) is 5.75 Å². The maximum atomic E-state index is 13.0. The largest absolute Gasteiger partial charge is 0.573 e. The number of fused-ring (bicyclic) bond motifs is 1. The highest BCUT2D eigenvalue weighted by Crippen LogP contribution is 2.37. The lowest BCUT2D eigenvalue weighted by Gasteiger charge is -2.29. The van der Waals surface area contributed by atoms with Gasteiger partial charge in [-0.2, -0.15) is 5.10 Å². The van der Waals surface area contributed by atoms with Gasteiger partial charge in [-0.3, -0.25) is 4.79 Å². The Morgan fingerprint density at radius 2 is 1.74 bits per heavy atom. The van der Waals surface area contributed by atoms with Crippen LogP contribution in [-0.4, -0.2) is 68.0 Å². The van der Waals surface area contributed by atoms with Gasteiger partial charge in [0.1, 0.15) is 11.4 Å². The fraction of sp³-hybridized carbons (Fsp3) is 0.321. The van der Waals surface area contributed by atoms with Gasteiger partial charge in [-0.15, -0.1) is 13.2 Å². The summed E-state index contributed by atoms with van der Waals surface area (Å²) in [5, 5.41) is 5.27. The van der Waals surface area contributed by atoms with Crippen molar-refractivity contribution >= 4 is 32.7 Å². The van der Waals surface area contributed by atoms with E-state index < -0.39 is 28.0 Å². The van der Waals surface area contributed by atoms with E-state index in [-0.39, 0.29) is 22.9 Å². The van der Waals surface area contributed by atoms with Crippen molar-refractivity contribution in [2.24, 2.45) is 0 Å². The van der Waals surface area contributed by atoms with Crippen LogP contribution < -0.4 is 14.4 Å². The number of carbonyl (C=O) groups is 1. The minimum atomic E-state index is -4.90. The fourth-order valence-corrected chi connectivity index (χ4v) is 5.22. The summed E-state index contributed by atoms with van der Waals surface area (Å²) < 4.78 is 75.3. The number of rotatable bonds is 7. The Kier molecular flexibility index (Phi) is 7.86. The Hall–Kier alpha value is -4.17. The SMILES string of the molecule is CC(C)c1nn(-c2cccc(OC(F)(F)F)c2)c2nc(C(=O)NS(C)(=O)=O)cc(-c3ccc(N4CCOCC4)cc3)c12. The molecule has 1 N–H and O–H groups in total. The smallest absolute Gasteiger partial charge is 0.406 e. The van der Waals surface area contributed by atoms with Crippen molar-refractivity contribution in [3.8, 4) is 22.6 Å². The van der Waals surface area contributed by atoms with Crippen LogP contribution in [0.3, 0.4) is 0 Å². The van der Waals surface area contributed by atoms with Crippen LogP contribution in [-0.2, 0) is 14.8 Å². The highest BCUT2D eigenvalue weighted by atomic mass is 32.2. The minimum Gasteiger partial charge on any atom is -0.406 e. The molecule has 1 amide bonds. The van der Waals surface area contributed by atoms with Crippen molar-refractivity contribution in [1.82, 2.24) is 19.5 Å². The zero-order valence-electron chi connectivity index (χ0n) is 23.0. The summed E-state index contributed by atoms with van der Waals surface area (Å²) >= 11 is 0. The van der Waals surface area contributed by atoms with Gasteiger partial charge in [0.15, 0.2) is 5.65 Å². The molecule has 5 rings (SSSR count). The number of benzene rings is 2. The number of carbonyl (C=O) groups excluding carboxylic acids is 1. The highest BCUT2D eigenvalue weighted by molar-refractivity contribution is 7.89. The van der Waals surface area contributed by atoms with E-state index in [1.165, 1.54) is 22.9 Å². The van der Waals surface area contributed by atoms with E-state index in [1.54, 1.807) is 0 Å². The number of nitrogens with zero attached hydrogens (tertiary/aromatic N) is 4. The predicted molar refractivity (Wildman–Crippen MR) is 150 cm³/mol. The third-order valence-electron chi connectivity index (χ3n) is 6.57. The van der Waals surface area contributed by atoms with E-state index >= 15 is 0 Å². The van der Waals surface area contributed by atoms with Gasteiger partial charge in [-0.1, -0.05) is 32.0 Å². The Bertz CT molecular complexity index is 1730. The monoisotopic (exact) mass is 603 g/mol. The summed E-state index contributed by atoms with van der Waals surface area (Å²) in [7, 11) is -3.91. The summed E-state index contributed by atoms with van der Waals surface area (Å²) in [5.74, 6) is -1.56. The normalized spacial score (nSPS) is 14.4. The lowest BCUT2D eigenvalue weighted by molar-refractivity contribution is -0.274. The topological polar surface area (TPSA) is 116 Å². The number of alkyl halides is 3. The number of hydrogen-bond acceptors (Lipinski definition) is 8. The van der Waals surface area contributed by atoms with E-state index in [9.17, 15) is 26.4 Å². The number of anilines is 1. The first-order valence-corrected chi connectivity index (χ1v) is 14.9. The van der Waals surface area contributed by atoms with Crippen LogP contribution in [0.4, 0.5) is 18.9 Å². The van der Waals surface area contributed by atoms with Crippen molar-refractivity contribution in [2.75, 3.05) is 37.5 Å². The molecule has 1 fully saturated rings. The second-order valence-corrected chi connectivity index (χ2v) is 11.8. The van der Waals surface area contributed by atoms with Crippen molar-refractivity contribution in [2.45, 2.75) is 26.1 Å².